The van der Waals surface area contributed by atoms with Gasteiger partial charge < -0.3 is 15.4 Å². The third kappa shape index (κ3) is 4.82. The predicted molar refractivity (Wildman–Crippen MR) is 91.9 cm³/mol. The van der Waals surface area contributed by atoms with Crippen LogP contribution in [0.3, 0.4) is 0 Å². The molecule has 0 saturated heterocycles. The van der Waals surface area contributed by atoms with Gasteiger partial charge in [0.05, 0.1) is 18.8 Å². The Balaban J connectivity index is 1.96. The molecule has 0 atom stereocenters. The highest BCUT2D eigenvalue weighted by Crippen LogP contribution is 2.25. The van der Waals surface area contributed by atoms with E-state index in [0.717, 1.165) is 10.4 Å². The van der Waals surface area contributed by atoms with Crippen molar-refractivity contribution >= 4 is 28.8 Å². The van der Waals surface area contributed by atoms with Gasteiger partial charge >= 0.3 is 11.8 Å². The lowest BCUT2D eigenvalue weighted by Gasteiger charge is -2.12. The summed E-state index contributed by atoms with van der Waals surface area (Å²) in [4.78, 5) is 26.1. The number of anilines is 1. The molecule has 1 aromatic heterocycles. The summed E-state index contributed by atoms with van der Waals surface area (Å²) in [6.45, 7) is 6.62. The van der Waals surface area contributed by atoms with Crippen molar-refractivity contribution in [1.82, 2.24) is 5.32 Å². The molecule has 122 valence electrons. The SMILES string of the molecule is CCOc1cc(C)ccc1NC(=O)C(=O)NCc1ccc(C)s1. The van der Waals surface area contributed by atoms with Crippen LogP contribution >= 0.6 is 11.3 Å². The van der Waals surface area contributed by atoms with Crippen molar-refractivity contribution in [3.05, 3.63) is 45.6 Å². The Labute approximate surface area is 139 Å². The van der Waals surface area contributed by atoms with Gasteiger partial charge in [0.1, 0.15) is 5.75 Å². The fraction of sp³-hybridized carbons (Fsp3) is 0.294. The maximum absolute atomic E-state index is 12.0. The van der Waals surface area contributed by atoms with Gasteiger partial charge in [0, 0.05) is 9.75 Å². The number of ether oxygens (including phenoxy) is 1. The number of hydrogen-bond donors (Lipinski definition) is 2. The average Bonchev–Trinajstić information content (AvgIpc) is 2.93. The minimum Gasteiger partial charge on any atom is -0.492 e. The summed E-state index contributed by atoms with van der Waals surface area (Å²) >= 11 is 1.59. The van der Waals surface area contributed by atoms with E-state index in [9.17, 15) is 9.59 Å². The first-order valence-corrected chi connectivity index (χ1v) is 8.19. The van der Waals surface area contributed by atoms with Crippen LogP contribution in [0, 0.1) is 13.8 Å². The minimum absolute atomic E-state index is 0.344. The van der Waals surface area contributed by atoms with Crippen molar-refractivity contribution in [3.8, 4) is 5.75 Å². The molecule has 0 spiro atoms. The molecule has 0 fully saturated rings. The molecular weight excluding hydrogens is 312 g/mol. The van der Waals surface area contributed by atoms with Crippen LogP contribution in [0.25, 0.3) is 0 Å². The smallest absolute Gasteiger partial charge is 0.313 e. The van der Waals surface area contributed by atoms with Crippen molar-refractivity contribution in [2.24, 2.45) is 0 Å². The van der Waals surface area contributed by atoms with Crippen LogP contribution in [-0.4, -0.2) is 18.4 Å². The Morgan fingerprint density at radius 1 is 1.13 bits per heavy atom. The normalized spacial score (nSPS) is 10.2. The summed E-state index contributed by atoms with van der Waals surface area (Å²) in [6, 6.07) is 9.32. The lowest BCUT2D eigenvalue weighted by molar-refractivity contribution is -0.136. The van der Waals surface area contributed by atoms with E-state index in [-0.39, 0.29) is 0 Å². The van der Waals surface area contributed by atoms with Crippen LogP contribution in [0.4, 0.5) is 5.69 Å². The van der Waals surface area contributed by atoms with Gasteiger partial charge in [-0.1, -0.05) is 6.07 Å². The van der Waals surface area contributed by atoms with Crippen LogP contribution < -0.4 is 15.4 Å². The van der Waals surface area contributed by atoms with Crippen LogP contribution in [0.5, 0.6) is 5.75 Å². The Morgan fingerprint density at radius 2 is 1.91 bits per heavy atom. The number of carbonyl (C=O) groups is 2. The highest BCUT2D eigenvalue weighted by atomic mass is 32.1. The number of thiophene rings is 1. The summed E-state index contributed by atoms with van der Waals surface area (Å²) in [5.41, 5.74) is 1.51. The molecular formula is C17H20N2O3S. The van der Waals surface area contributed by atoms with Crippen LogP contribution in [-0.2, 0) is 16.1 Å². The first-order chi connectivity index (χ1) is 11.0. The van der Waals surface area contributed by atoms with Gasteiger partial charge in [0.25, 0.3) is 0 Å². The van der Waals surface area contributed by atoms with Crippen molar-refractivity contribution in [3.63, 3.8) is 0 Å². The van der Waals surface area contributed by atoms with E-state index in [1.54, 1.807) is 17.4 Å². The van der Waals surface area contributed by atoms with E-state index in [1.807, 2.05) is 45.0 Å². The maximum atomic E-state index is 12.0. The molecule has 0 radical (unpaired) electrons. The number of carbonyl (C=O) groups excluding carboxylic acids is 2. The zero-order chi connectivity index (χ0) is 16.8. The van der Waals surface area contributed by atoms with E-state index < -0.39 is 11.8 Å². The standard InChI is InChI=1S/C17H20N2O3S/c1-4-22-15-9-11(2)5-8-14(15)19-17(21)16(20)18-10-13-7-6-12(3)23-13/h5-9H,4,10H2,1-3H3,(H,18,20)(H,19,21). The lowest BCUT2D eigenvalue weighted by Crippen LogP contribution is -2.34. The van der Waals surface area contributed by atoms with Crippen LogP contribution in [0.15, 0.2) is 30.3 Å². The average molecular weight is 332 g/mol. The van der Waals surface area contributed by atoms with Gasteiger partial charge in [-0.15, -0.1) is 11.3 Å². The van der Waals surface area contributed by atoms with Crippen LogP contribution in [0.1, 0.15) is 22.2 Å². The molecule has 6 heteroatoms. The lowest BCUT2D eigenvalue weighted by atomic mass is 10.2. The molecule has 0 unspecified atom stereocenters. The molecule has 2 rings (SSSR count). The monoisotopic (exact) mass is 332 g/mol. The van der Waals surface area contributed by atoms with E-state index in [1.165, 1.54) is 4.88 Å². The Morgan fingerprint density at radius 3 is 2.57 bits per heavy atom. The molecule has 2 N–H and O–H groups in total. The predicted octanol–water partition coefficient (Wildman–Crippen LogP) is 3.02. The molecule has 1 aromatic carbocycles. The summed E-state index contributed by atoms with van der Waals surface area (Å²) in [5, 5.41) is 5.21. The molecule has 0 saturated carbocycles. The first-order valence-electron chi connectivity index (χ1n) is 7.37. The molecule has 0 aliphatic carbocycles. The van der Waals surface area contributed by atoms with Crippen molar-refractivity contribution in [1.29, 1.82) is 0 Å². The number of benzene rings is 1. The minimum atomic E-state index is -0.705. The fourth-order valence-electron chi connectivity index (χ4n) is 2.01. The second-order valence-electron chi connectivity index (χ2n) is 5.08. The van der Waals surface area contributed by atoms with Gasteiger partial charge in [-0.05, 0) is 50.6 Å². The zero-order valence-electron chi connectivity index (χ0n) is 13.4. The molecule has 2 aromatic rings. The largest absolute Gasteiger partial charge is 0.492 e. The number of nitrogens with one attached hydrogen (secondary N) is 2. The highest BCUT2D eigenvalue weighted by Gasteiger charge is 2.16. The Kier molecular flexibility index (Phi) is 5.76. The third-order valence-corrected chi connectivity index (χ3v) is 4.11. The quantitative estimate of drug-likeness (QED) is 0.827. The molecule has 0 bridgehead atoms. The molecule has 0 aliphatic rings. The Hall–Kier alpha value is -2.34. The molecule has 23 heavy (non-hydrogen) atoms. The highest BCUT2D eigenvalue weighted by molar-refractivity contribution is 7.11. The summed E-state index contributed by atoms with van der Waals surface area (Å²) in [5.74, 6) is -0.815. The van der Waals surface area contributed by atoms with Crippen molar-refractivity contribution < 1.29 is 14.3 Å². The second-order valence-corrected chi connectivity index (χ2v) is 6.45. The number of aryl methyl sites for hydroxylation is 2. The van der Waals surface area contributed by atoms with E-state index in [2.05, 4.69) is 10.6 Å². The van der Waals surface area contributed by atoms with Gasteiger partial charge in [-0.2, -0.15) is 0 Å². The van der Waals surface area contributed by atoms with E-state index in [0.29, 0.717) is 24.6 Å². The van der Waals surface area contributed by atoms with Gasteiger partial charge in [-0.3, -0.25) is 9.59 Å². The van der Waals surface area contributed by atoms with Crippen molar-refractivity contribution in [2.75, 3.05) is 11.9 Å². The van der Waals surface area contributed by atoms with Gasteiger partial charge in [-0.25, -0.2) is 0 Å². The van der Waals surface area contributed by atoms with E-state index in [4.69, 9.17) is 4.74 Å². The molecule has 1 heterocycles. The number of amides is 2. The topological polar surface area (TPSA) is 67.4 Å². The second kappa shape index (κ2) is 7.78. The molecule has 5 nitrogen and oxygen atoms in total. The van der Waals surface area contributed by atoms with Crippen LogP contribution in [0.2, 0.25) is 0 Å². The van der Waals surface area contributed by atoms with Gasteiger partial charge in [0.15, 0.2) is 0 Å². The van der Waals surface area contributed by atoms with Gasteiger partial charge in [0.2, 0.25) is 0 Å². The number of hydrogen-bond acceptors (Lipinski definition) is 4. The Bertz CT molecular complexity index is 710. The van der Waals surface area contributed by atoms with E-state index >= 15 is 0 Å². The maximum Gasteiger partial charge on any atom is 0.313 e. The summed E-state index contributed by atoms with van der Waals surface area (Å²) in [7, 11) is 0. The first kappa shape index (κ1) is 17.0. The summed E-state index contributed by atoms with van der Waals surface area (Å²) in [6.07, 6.45) is 0. The third-order valence-electron chi connectivity index (χ3n) is 3.11. The van der Waals surface area contributed by atoms with Crippen molar-refractivity contribution in [2.45, 2.75) is 27.3 Å². The zero-order valence-corrected chi connectivity index (χ0v) is 14.3. The molecule has 2 amide bonds. The molecule has 0 aliphatic heterocycles. The number of rotatable bonds is 5. The summed E-state index contributed by atoms with van der Waals surface area (Å²) < 4.78 is 5.49. The fourth-order valence-corrected chi connectivity index (χ4v) is 2.84.